The molecule has 1 amide bonds. The summed E-state index contributed by atoms with van der Waals surface area (Å²) in [5.41, 5.74) is 1.13. The van der Waals surface area contributed by atoms with Gasteiger partial charge in [0.25, 0.3) is 5.91 Å². The molecule has 1 atom stereocenters. The third kappa shape index (κ3) is 5.73. The van der Waals surface area contributed by atoms with Gasteiger partial charge < -0.3 is 24.3 Å². The number of anilines is 1. The van der Waals surface area contributed by atoms with Crippen molar-refractivity contribution in [3.63, 3.8) is 0 Å². The predicted octanol–water partition coefficient (Wildman–Crippen LogP) is 3.35. The van der Waals surface area contributed by atoms with Gasteiger partial charge in [0.1, 0.15) is 5.75 Å². The lowest BCUT2D eigenvalue weighted by Crippen LogP contribution is -2.30. The number of Topliss-reactive ketones (excluding diaryl/α,β-unsaturated/α-hetero) is 1. The standard InChI is InChI=1S/C22H23NO7/c1-14(24)16-5-8-18(9-6-16)27-11-3-4-21(25)30-15(2)22(26)23-17-7-10-19-20(12-17)29-13-28-19/h5-10,12,15H,3-4,11,13H2,1-2H3,(H,23,26)/t15-/m1/s1. The number of amides is 1. The van der Waals surface area contributed by atoms with E-state index in [1.54, 1.807) is 42.5 Å². The highest BCUT2D eigenvalue weighted by molar-refractivity contribution is 5.95. The lowest BCUT2D eigenvalue weighted by Gasteiger charge is -2.14. The Bertz CT molecular complexity index is 924. The molecular formula is C22H23NO7. The molecule has 2 aromatic rings. The molecule has 1 N–H and O–H groups in total. The van der Waals surface area contributed by atoms with Crippen LogP contribution in [0.2, 0.25) is 0 Å². The van der Waals surface area contributed by atoms with Crippen molar-refractivity contribution in [1.82, 2.24) is 0 Å². The van der Waals surface area contributed by atoms with Crippen molar-refractivity contribution < 1.29 is 33.3 Å². The number of carbonyl (C=O) groups is 3. The zero-order valence-corrected chi connectivity index (χ0v) is 16.8. The zero-order valence-electron chi connectivity index (χ0n) is 16.8. The first-order valence-electron chi connectivity index (χ1n) is 9.56. The van der Waals surface area contributed by atoms with Crippen LogP contribution in [0, 0.1) is 0 Å². The fourth-order valence-corrected chi connectivity index (χ4v) is 2.72. The zero-order chi connectivity index (χ0) is 21.5. The largest absolute Gasteiger partial charge is 0.494 e. The van der Waals surface area contributed by atoms with E-state index in [1.807, 2.05) is 0 Å². The number of ether oxygens (including phenoxy) is 4. The number of hydrogen-bond donors (Lipinski definition) is 1. The molecule has 8 heteroatoms. The topological polar surface area (TPSA) is 100 Å². The molecule has 0 saturated carbocycles. The number of ketones is 1. The van der Waals surface area contributed by atoms with Gasteiger partial charge in [0.2, 0.25) is 6.79 Å². The average molecular weight is 413 g/mol. The summed E-state index contributed by atoms with van der Waals surface area (Å²) < 4.78 is 21.2. The number of nitrogens with one attached hydrogen (secondary N) is 1. The van der Waals surface area contributed by atoms with Crippen LogP contribution in [0.4, 0.5) is 5.69 Å². The van der Waals surface area contributed by atoms with Crippen LogP contribution in [0.5, 0.6) is 17.2 Å². The van der Waals surface area contributed by atoms with E-state index in [4.69, 9.17) is 18.9 Å². The minimum atomic E-state index is -0.942. The molecule has 3 rings (SSSR count). The Morgan fingerprint density at radius 3 is 2.53 bits per heavy atom. The van der Waals surface area contributed by atoms with E-state index < -0.39 is 18.0 Å². The second kappa shape index (κ2) is 9.78. The van der Waals surface area contributed by atoms with Crippen molar-refractivity contribution >= 4 is 23.3 Å². The predicted molar refractivity (Wildman–Crippen MR) is 108 cm³/mol. The number of esters is 1. The molecule has 1 aliphatic heterocycles. The van der Waals surface area contributed by atoms with E-state index in [9.17, 15) is 14.4 Å². The normalized spacial score (nSPS) is 12.7. The van der Waals surface area contributed by atoms with Gasteiger partial charge in [-0.1, -0.05) is 0 Å². The van der Waals surface area contributed by atoms with Crippen LogP contribution in [0.25, 0.3) is 0 Å². The van der Waals surface area contributed by atoms with E-state index in [-0.39, 0.29) is 19.0 Å². The summed E-state index contributed by atoms with van der Waals surface area (Å²) in [6.45, 7) is 3.46. The highest BCUT2D eigenvalue weighted by atomic mass is 16.7. The average Bonchev–Trinajstić information content (AvgIpc) is 3.19. The van der Waals surface area contributed by atoms with Crippen LogP contribution in [-0.4, -0.2) is 37.2 Å². The number of hydrogen-bond acceptors (Lipinski definition) is 7. The van der Waals surface area contributed by atoms with Crippen molar-refractivity contribution in [2.45, 2.75) is 32.8 Å². The molecule has 2 aromatic carbocycles. The van der Waals surface area contributed by atoms with Gasteiger partial charge in [0.15, 0.2) is 23.4 Å². The van der Waals surface area contributed by atoms with Gasteiger partial charge in [0, 0.05) is 23.7 Å². The molecule has 1 aliphatic rings. The van der Waals surface area contributed by atoms with E-state index >= 15 is 0 Å². The van der Waals surface area contributed by atoms with Crippen LogP contribution in [0.1, 0.15) is 37.0 Å². The molecule has 8 nitrogen and oxygen atoms in total. The van der Waals surface area contributed by atoms with Crippen molar-refractivity contribution in [1.29, 1.82) is 0 Å². The molecule has 158 valence electrons. The lowest BCUT2D eigenvalue weighted by atomic mass is 10.1. The summed E-state index contributed by atoms with van der Waals surface area (Å²) in [4.78, 5) is 35.4. The molecule has 0 aromatic heterocycles. The van der Waals surface area contributed by atoms with Gasteiger partial charge in [-0.3, -0.25) is 14.4 Å². The maximum Gasteiger partial charge on any atom is 0.306 e. The van der Waals surface area contributed by atoms with Gasteiger partial charge in [0.05, 0.1) is 6.61 Å². The van der Waals surface area contributed by atoms with Crippen LogP contribution in [-0.2, 0) is 14.3 Å². The van der Waals surface area contributed by atoms with Crippen molar-refractivity contribution in [3.8, 4) is 17.2 Å². The monoisotopic (exact) mass is 413 g/mol. The fraction of sp³-hybridized carbons (Fsp3) is 0.318. The Balaban J connectivity index is 1.36. The van der Waals surface area contributed by atoms with Gasteiger partial charge in [-0.25, -0.2) is 0 Å². The Morgan fingerprint density at radius 2 is 1.80 bits per heavy atom. The Morgan fingerprint density at radius 1 is 1.07 bits per heavy atom. The van der Waals surface area contributed by atoms with Crippen molar-refractivity contribution in [3.05, 3.63) is 48.0 Å². The number of rotatable bonds is 9. The van der Waals surface area contributed by atoms with Crippen molar-refractivity contribution in [2.75, 3.05) is 18.7 Å². The molecule has 0 unspecified atom stereocenters. The molecule has 1 heterocycles. The smallest absolute Gasteiger partial charge is 0.306 e. The van der Waals surface area contributed by atoms with Crippen LogP contribution in [0.15, 0.2) is 42.5 Å². The minimum absolute atomic E-state index is 0.0130. The highest BCUT2D eigenvalue weighted by Crippen LogP contribution is 2.34. The molecule has 0 aliphatic carbocycles. The number of carbonyl (C=O) groups excluding carboxylic acids is 3. The van der Waals surface area contributed by atoms with Gasteiger partial charge in [-0.05, 0) is 56.7 Å². The molecule has 0 radical (unpaired) electrons. The van der Waals surface area contributed by atoms with E-state index in [0.29, 0.717) is 41.5 Å². The Kier molecular flexibility index (Phi) is 6.90. The summed E-state index contributed by atoms with van der Waals surface area (Å²) >= 11 is 0. The second-order valence-electron chi connectivity index (χ2n) is 6.72. The van der Waals surface area contributed by atoms with Gasteiger partial charge in [-0.15, -0.1) is 0 Å². The molecule has 0 fully saturated rings. The minimum Gasteiger partial charge on any atom is -0.494 e. The number of fused-ring (bicyclic) bond motifs is 1. The summed E-state index contributed by atoms with van der Waals surface area (Å²) in [5.74, 6) is 0.839. The van der Waals surface area contributed by atoms with Crippen LogP contribution in [0.3, 0.4) is 0 Å². The number of benzene rings is 2. The lowest BCUT2D eigenvalue weighted by molar-refractivity contribution is -0.153. The van der Waals surface area contributed by atoms with E-state index in [1.165, 1.54) is 13.8 Å². The summed E-state index contributed by atoms with van der Waals surface area (Å²) in [6.07, 6.45) is -0.389. The SMILES string of the molecule is CC(=O)c1ccc(OCCCC(=O)O[C@H](C)C(=O)Nc2ccc3c(c2)OCO3)cc1. The highest BCUT2D eigenvalue weighted by Gasteiger charge is 2.19. The fourth-order valence-electron chi connectivity index (χ4n) is 2.72. The van der Waals surface area contributed by atoms with Gasteiger partial charge in [-0.2, -0.15) is 0 Å². The van der Waals surface area contributed by atoms with Crippen molar-refractivity contribution in [2.24, 2.45) is 0 Å². The second-order valence-corrected chi connectivity index (χ2v) is 6.72. The molecule has 0 saturated heterocycles. The maximum absolute atomic E-state index is 12.2. The van der Waals surface area contributed by atoms with Crippen LogP contribution < -0.4 is 19.5 Å². The van der Waals surface area contributed by atoms with Crippen LogP contribution >= 0.6 is 0 Å². The Labute approximate surface area is 174 Å². The molecule has 30 heavy (non-hydrogen) atoms. The molecular weight excluding hydrogens is 390 g/mol. The molecule has 0 spiro atoms. The summed E-state index contributed by atoms with van der Waals surface area (Å²) in [5, 5.41) is 2.68. The maximum atomic E-state index is 12.2. The molecule has 0 bridgehead atoms. The third-order valence-electron chi connectivity index (χ3n) is 4.37. The first-order chi connectivity index (χ1) is 14.4. The quantitative estimate of drug-likeness (QED) is 0.382. The Hall–Kier alpha value is -3.55. The van der Waals surface area contributed by atoms with E-state index in [2.05, 4.69) is 5.32 Å². The first-order valence-corrected chi connectivity index (χ1v) is 9.56. The third-order valence-corrected chi connectivity index (χ3v) is 4.37. The van der Waals surface area contributed by atoms with Gasteiger partial charge >= 0.3 is 5.97 Å². The first kappa shape index (κ1) is 21.2. The van der Waals surface area contributed by atoms with E-state index in [0.717, 1.165) is 0 Å². The summed E-state index contributed by atoms with van der Waals surface area (Å²) in [6, 6.07) is 11.8. The summed E-state index contributed by atoms with van der Waals surface area (Å²) in [7, 11) is 0.